The molecule has 120 valence electrons. The van der Waals surface area contributed by atoms with Crippen molar-refractivity contribution in [3.05, 3.63) is 23.8 Å². The summed E-state index contributed by atoms with van der Waals surface area (Å²) in [4.78, 5) is 13.4. The molecule has 2 atom stereocenters. The van der Waals surface area contributed by atoms with Crippen LogP contribution in [0, 0.1) is 5.92 Å². The van der Waals surface area contributed by atoms with E-state index >= 15 is 0 Å². The second kappa shape index (κ2) is 5.33. The summed E-state index contributed by atoms with van der Waals surface area (Å²) in [5.74, 6) is 0.0900. The van der Waals surface area contributed by atoms with Crippen LogP contribution in [0.15, 0.2) is 23.1 Å². The van der Waals surface area contributed by atoms with E-state index in [1.807, 2.05) is 6.92 Å². The zero-order valence-electron chi connectivity index (χ0n) is 12.7. The lowest BCUT2D eigenvalue weighted by atomic mass is 10.00. The molecule has 2 aliphatic rings. The van der Waals surface area contributed by atoms with Crippen molar-refractivity contribution in [3.63, 3.8) is 0 Å². The SMILES string of the molecule is CC1CC(O)CN(S(=O)(=O)c2ccc3c(c2)CC(=O)N3C)C1. The number of piperidine rings is 1. The van der Waals surface area contributed by atoms with Gasteiger partial charge in [-0.3, -0.25) is 4.79 Å². The number of anilines is 1. The normalized spacial score (nSPS) is 26.3. The standard InChI is InChI=1S/C15H20N2O4S/c1-10-5-12(18)9-17(8-10)22(20,21)13-3-4-14-11(6-13)7-15(19)16(14)2/h3-4,6,10,12,18H,5,7-9H2,1-2H3. The van der Waals surface area contributed by atoms with E-state index in [1.165, 1.54) is 10.4 Å². The number of aliphatic hydroxyl groups is 1. The number of amides is 1. The fourth-order valence-corrected chi connectivity index (χ4v) is 4.87. The first-order valence-electron chi connectivity index (χ1n) is 7.36. The summed E-state index contributed by atoms with van der Waals surface area (Å²) in [5, 5.41) is 9.83. The van der Waals surface area contributed by atoms with E-state index in [2.05, 4.69) is 0 Å². The first-order valence-corrected chi connectivity index (χ1v) is 8.80. The molecule has 1 amide bonds. The van der Waals surface area contributed by atoms with E-state index < -0.39 is 16.1 Å². The highest BCUT2D eigenvalue weighted by Crippen LogP contribution is 2.31. The second-order valence-electron chi connectivity index (χ2n) is 6.24. The molecule has 0 aromatic heterocycles. The molecular weight excluding hydrogens is 304 g/mol. The van der Waals surface area contributed by atoms with Crippen molar-refractivity contribution in [1.29, 1.82) is 0 Å². The van der Waals surface area contributed by atoms with Gasteiger partial charge in [-0.05, 0) is 36.1 Å². The molecule has 2 aliphatic heterocycles. The smallest absolute Gasteiger partial charge is 0.243 e. The quantitative estimate of drug-likeness (QED) is 0.864. The monoisotopic (exact) mass is 324 g/mol. The number of carbonyl (C=O) groups excluding carboxylic acids is 1. The molecule has 0 saturated carbocycles. The van der Waals surface area contributed by atoms with Crippen molar-refractivity contribution in [2.24, 2.45) is 5.92 Å². The van der Waals surface area contributed by atoms with Crippen LogP contribution in [0.25, 0.3) is 0 Å². The summed E-state index contributed by atoms with van der Waals surface area (Å²) in [5.41, 5.74) is 1.50. The van der Waals surface area contributed by atoms with Gasteiger partial charge < -0.3 is 10.0 Å². The minimum absolute atomic E-state index is 0.0356. The summed E-state index contributed by atoms with van der Waals surface area (Å²) in [7, 11) is -1.96. The van der Waals surface area contributed by atoms with Gasteiger partial charge in [-0.25, -0.2) is 8.42 Å². The van der Waals surface area contributed by atoms with Crippen LogP contribution in [0.2, 0.25) is 0 Å². The molecular formula is C15H20N2O4S. The van der Waals surface area contributed by atoms with E-state index in [1.54, 1.807) is 24.1 Å². The van der Waals surface area contributed by atoms with Crippen molar-refractivity contribution < 1.29 is 18.3 Å². The van der Waals surface area contributed by atoms with Crippen LogP contribution in [0.4, 0.5) is 5.69 Å². The third-order valence-corrected chi connectivity index (χ3v) is 6.20. The molecule has 1 N–H and O–H groups in total. The maximum Gasteiger partial charge on any atom is 0.243 e. The molecule has 0 aliphatic carbocycles. The van der Waals surface area contributed by atoms with Crippen molar-refractivity contribution in [2.45, 2.75) is 30.8 Å². The third kappa shape index (κ3) is 2.53. The number of aliphatic hydroxyl groups excluding tert-OH is 1. The van der Waals surface area contributed by atoms with Gasteiger partial charge in [-0.15, -0.1) is 0 Å². The molecule has 3 rings (SSSR count). The number of likely N-dealkylation sites (N-methyl/N-ethyl adjacent to an activating group) is 1. The molecule has 22 heavy (non-hydrogen) atoms. The lowest BCUT2D eigenvalue weighted by Gasteiger charge is -2.33. The first-order chi connectivity index (χ1) is 10.3. The summed E-state index contributed by atoms with van der Waals surface area (Å²) in [6, 6.07) is 4.80. The maximum absolute atomic E-state index is 12.8. The number of sulfonamides is 1. The van der Waals surface area contributed by atoms with Crippen molar-refractivity contribution in [1.82, 2.24) is 4.31 Å². The van der Waals surface area contributed by atoms with E-state index in [0.717, 1.165) is 11.3 Å². The van der Waals surface area contributed by atoms with Gasteiger partial charge >= 0.3 is 0 Å². The van der Waals surface area contributed by atoms with E-state index in [9.17, 15) is 18.3 Å². The lowest BCUT2D eigenvalue weighted by Crippen LogP contribution is -2.45. The van der Waals surface area contributed by atoms with Crippen LogP contribution in [0.1, 0.15) is 18.9 Å². The highest BCUT2D eigenvalue weighted by Gasteiger charge is 2.34. The van der Waals surface area contributed by atoms with Crippen LogP contribution in [0.5, 0.6) is 0 Å². The molecule has 2 heterocycles. The average Bonchev–Trinajstić information content (AvgIpc) is 2.72. The Balaban J connectivity index is 1.94. The molecule has 2 unspecified atom stereocenters. The molecule has 1 aromatic rings. The lowest BCUT2D eigenvalue weighted by molar-refractivity contribution is -0.117. The molecule has 7 heteroatoms. The van der Waals surface area contributed by atoms with Crippen LogP contribution in [0.3, 0.4) is 0 Å². The van der Waals surface area contributed by atoms with Crippen molar-refractivity contribution >= 4 is 21.6 Å². The van der Waals surface area contributed by atoms with Gasteiger partial charge in [0.25, 0.3) is 0 Å². The highest BCUT2D eigenvalue weighted by atomic mass is 32.2. The Hall–Kier alpha value is -1.44. The number of β-amino-alcohol motifs (C(OH)–C–C–N with tert-alkyl or cyclic N) is 1. The van der Waals surface area contributed by atoms with Gasteiger partial charge in [0, 0.05) is 25.8 Å². The highest BCUT2D eigenvalue weighted by molar-refractivity contribution is 7.89. The molecule has 6 nitrogen and oxygen atoms in total. The number of hydrogen-bond acceptors (Lipinski definition) is 4. The number of nitrogens with zero attached hydrogens (tertiary/aromatic N) is 2. The zero-order chi connectivity index (χ0) is 16.1. The topological polar surface area (TPSA) is 77.9 Å². The Labute approximate surface area is 130 Å². The summed E-state index contributed by atoms with van der Waals surface area (Å²) < 4.78 is 26.9. The molecule has 0 spiro atoms. The van der Waals surface area contributed by atoms with Crippen LogP contribution < -0.4 is 4.90 Å². The van der Waals surface area contributed by atoms with E-state index in [4.69, 9.17) is 0 Å². The Morgan fingerprint density at radius 2 is 2.00 bits per heavy atom. The van der Waals surface area contributed by atoms with Crippen molar-refractivity contribution in [3.8, 4) is 0 Å². The average molecular weight is 324 g/mol. The molecule has 1 saturated heterocycles. The maximum atomic E-state index is 12.8. The molecule has 0 bridgehead atoms. The number of rotatable bonds is 2. The van der Waals surface area contributed by atoms with Crippen LogP contribution >= 0.6 is 0 Å². The summed E-state index contributed by atoms with van der Waals surface area (Å²) >= 11 is 0. The molecule has 0 radical (unpaired) electrons. The fraction of sp³-hybridized carbons (Fsp3) is 0.533. The molecule has 1 aromatic carbocycles. The van der Waals surface area contributed by atoms with Crippen LogP contribution in [-0.4, -0.2) is 50.0 Å². The molecule has 1 fully saturated rings. The van der Waals surface area contributed by atoms with Crippen LogP contribution in [-0.2, 0) is 21.2 Å². The minimum atomic E-state index is -3.64. The van der Waals surface area contributed by atoms with Gasteiger partial charge in [-0.2, -0.15) is 4.31 Å². The van der Waals surface area contributed by atoms with Gasteiger partial charge in [0.2, 0.25) is 15.9 Å². The predicted octanol–water partition coefficient (Wildman–Crippen LogP) is 0.597. The van der Waals surface area contributed by atoms with Gasteiger partial charge in [-0.1, -0.05) is 6.92 Å². The first kappa shape index (κ1) is 15.5. The Kier molecular flexibility index (Phi) is 3.74. The predicted molar refractivity (Wildman–Crippen MR) is 82.1 cm³/mol. The third-order valence-electron chi connectivity index (χ3n) is 4.37. The number of hydrogen-bond donors (Lipinski definition) is 1. The largest absolute Gasteiger partial charge is 0.392 e. The Morgan fingerprint density at radius 1 is 1.27 bits per heavy atom. The van der Waals surface area contributed by atoms with Gasteiger partial charge in [0.05, 0.1) is 17.4 Å². The van der Waals surface area contributed by atoms with Gasteiger partial charge in [0.15, 0.2) is 0 Å². The second-order valence-corrected chi connectivity index (χ2v) is 8.17. The Bertz CT molecular complexity index is 706. The van der Waals surface area contributed by atoms with E-state index in [-0.39, 0.29) is 29.7 Å². The minimum Gasteiger partial charge on any atom is -0.392 e. The number of carbonyl (C=O) groups is 1. The summed E-state index contributed by atoms with van der Waals surface area (Å²) in [6.07, 6.45) is 0.227. The van der Waals surface area contributed by atoms with Gasteiger partial charge in [0.1, 0.15) is 0 Å². The van der Waals surface area contributed by atoms with E-state index in [0.29, 0.717) is 13.0 Å². The fourth-order valence-electron chi connectivity index (χ4n) is 3.22. The number of benzene rings is 1. The zero-order valence-corrected chi connectivity index (χ0v) is 13.5. The number of fused-ring (bicyclic) bond motifs is 1. The van der Waals surface area contributed by atoms with Crippen molar-refractivity contribution in [2.75, 3.05) is 25.0 Å². The Morgan fingerprint density at radius 3 is 2.68 bits per heavy atom. The summed E-state index contributed by atoms with van der Waals surface area (Å²) in [6.45, 7) is 2.47.